The van der Waals surface area contributed by atoms with Crippen LogP contribution in [0.15, 0.2) is 12.3 Å². The van der Waals surface area contributed by atoms with Crippen LogP contribution in [0.5, 0.6) is 0 Å². The van der Waals surface area contributed by atoms with Gasteiger partial charge in [-0.25, -0.2) is 14.2 Å². The second kappa shape index (κ2) is 4.67. The first-order valence-corrected chi connectivity index (χ1v) is 5.09. The highest BCUT2D eigenvalue weighted by Crippen LogP contribution is 2.21. The molecule has 0 aliphatic heterocycles. The molecular formula is C11H15FN2O3. The molecule has 0 fully saturated rings. The van der Waals surface area contributed by atoms with Gasteiger partial charge in [-0.1, -0.05) is 0 Å². The van der Waals surface area contributed by atoms with Crippen LogP contribution >= 0.6 is 0 Å². The third-order valence-electron chi connectivity index (χ3n) is 2.60. The number of rotatable bonds is 4. The highest BCUT2D eigenvalue weighted by molar-refractivity contribution is 5.88. The minimum Gasteiger partial charge on any atom is -0.478 e. The van der Waals surface area contributed by atoms with Crippen LogP contribution in [0.4, 0.5) is 10.2 Å². The van der Waals surface area contributed by atoms with Crippen molar-refractivity contribution in [2.24, 2.45) is 0 Å². The van der Waals surface area contributed by atoms with E-state index in [4.69, 9.17) is 5.11 Å². The van der Waals surface area contributed by atoms with Crippen molar-refractivity contribution < 1.29 is 19.4 Å². The summed E-state index contributed by atoms with van der Waals surface area (Å²) in [5.74, 6) is -2.48. The van der Waals surface area contributed by atoms with Crippen molar-refractivity contribution in [3.63, 3.8) is 0 Å². The number of hydrogen-bond acceptors (Lipinski definition) is 4. The van der Waals surface area contributed by atoms with Crippen LogP contribution in [0.1, 0.15) is 31.1 Å². The molecule has 1 aromatic heterocycles. The molecule has 0 saturated carbocycles. The van der Waals surface area contributed by atoms with Crippen molar-refractivity contribution >= 4 is 11.8 Å². The fourth-order valence-corrected chi connectivity index (χ4v) is 1.11. The minimum atomic E-state index is -1.36. The Morgan fingerprint density at radius 2 is 2.18 bits per heavy atom. The number of aromatic carboxylic acids is 1. The summed E-state index contributed by atoms with van der Waals surface area (Å²) in [5, 5.41) is 20.9. The third-order valence-corrected chi connectivity index (χ3v) is 2.60. The number of halogens is 1. The quantitative estimate of drug-likeness (QED) is 0.745. The predicted octanol–water partition coefficient (Wildman–Crippen LogP) is 1.49. The van der Waals surface area contributed by atoms with Crippen LogP contribution in [0.2, 0.25) is 0 Å². The molecule has 1 heterocycles. The number of aliphatic hydroxyl groups is 1. The van der Waals surface area contributed by atoms with E-state index in [1.165, 1.54) is 6.20 Å². The molecule has 1 unspecified atom stereocenters. The largest absolute Gasteiger partial charge is 0.478 e. The van der Waals surface area contributed by atoms with E-state index in [2.05, 4.69) is 10.3 Å². The van der Waals surface area contributed by atoms with Gasteiger partial charge >= 0.3 is 5.97 Å². The maximum atomic E-state index is 13.7. The van der Waals surface area contributed by atoms with E-state index in [1.54, 1.807) is 20.8 Å². The lowest BCUT2D eigenvalue weighted by Crippen LogP contribution is -2.42. The zero-order valence-corrected chi connectivity index (χ0v) is 9.86. The van der Waals surface area contributed by atoms with Crippen molar-refractivity contribution in [2.75, 3.05) is 5.32 Å². The molecule has 0 amide bonds. The van der Waals surface area contributed by atoms with Crippen molar-refractivity contribution in [1.82, 2.24) is 4.98 Å². The van der Waals surface area contributed by atoms with Gasteiger partial charge < -0.3 is 15.5 Å². The lowest BCUT2D eigenvalue weighted by atomic mass is 9.99. The zero-order chi connectivity index (χ0) is 13.2. The number of anilines is 1. The van der Waals surface area contributed by atoms with Crippen molar-refractivity contribution in [2.45, 2.75) is 32.4 Å². The number of aliphatic hydroxyl groups excluding tert-OH is 1. The van der Waals surface area contributed by atoms with Crippen molar-refractivity contribution in [3.8, 4) is 0 Å². The van der Waals surface area contributed by atoms with Gasteiger partial charge in [-0.2, -0.15) is 0 Å². The number of aromatic nitrogens is 1. The molecule has 0 saturated heterocycles. The standard InChI is InChI=1S/C11H15FN2O3/c1-6(15)11(2,3)14-9-8(12)7(10(16)17)4-5-13-9/h4-6,15H,1-3H3,(H,13,14)(H,16,17). The van der Waals surface area contributed by atoms with Crippen LogP contribution in [0.3, 0.4) is 0 Å². The lowest BCUT2D eigenvalue weighted by Gasteiger charge is -2.30. The van der Waals surface area contributed by atoms with Gasteiger partial charge in [0.15, 0.2) is 11.6 Å². The molecule has 1 rings (SSSR count). The number of nitrogens with zero attached hydrogens (tertiary/aromatic N) is 1. The topological polar surface area (TPSA) is 82.5 Å². The molecule has 0 spiro atoms. The highest BCUT2D eigenvalue weighted by atomic mass is 19.1. The first-order valence-electron chi connectivity index (χ1n) is 5.09. The average molecular weight is 242 g/mol. The van der Waals surface area contributed by atoms with Gasteiger partial charge in [0.2, 0.25) is 0 Å². The molecule has 0 radical (unpaired) electrons. The van der Waals surface area contributed by atoms with Gasteiger partial charge in [0.25, 0.3) is 0 Å². The van der Waals surface area contributed by atoms with Crippen LogP contribution in [-0.2, 0) is 0 Å². The number of pyridine rings is 1. The van der Waals surface area contributed by atoms with Gasteiger partial charge in [0, 0.05) is 6.20 Å². The Kier molecular flexibility index (Phi) is 3.67. The molecule has 17 heavy (non-hydrogen) atoms. The van der Waals surface area contributed by atoms with E-state index >= 15 is 0 Å². The van der Waals surface area contributed by atoms with E-state index in [9.17, 15) is 14.3 Å². The fourth-order valence-electron chi connectivity index (χ4n) is 1.11. The molecule has 0 aliphatic carbocycles. The second-order valence-corrected chi connectivity index (χ2v) is 4.35. The summed E-state index contributed by atoms with van der Waals surface area (Å²) in [7, 11) is 0. The molecule has 1 atom stereocenters. The maximum Gasteiger partial charge on any atom is 0.338 e. The molecule has 5 nitrogen and oxygen atoms in total. The number of carboxylic acid groups (broad SMARTS) is 1. The zero-order valence-electron chi connectivity index (χ0n) is 9.86. The number of hydrogen-bond donors (Lipinski definition) is 3. The van der Waals surface area contributed by atoms with E-state index in [0.29, 0.717) is 0 Å². The molecule has 0 aromatic carbocycles. The van der Waals surface area contributed by atoms with Crippen molar-refractivity contribution in [1.29, 1.82) is 0 Å². The molecular weight excluding hydrogens is 227 g/mol. The third kappa shape index (κ3) is 2.91. The SMILES string of the molecule is CC(O)C(C)(C)Nc1nccc(C(=O)O)c1F. The van der Waals surface area contributed by atoms with E-state index in [-0.39, 0.29) is 5.82 Å². The molecule has 0 bridgehead atoms. The predicted molar refractivity (Wildman–Crippen MR) is 60.5 cm³/mol. The van der Waals surface area contributed by atoms with Gasteiger partial charge in [0.1, 0.15) is 5.56 Å². The molecule has 3 N–H and O–H groups in total. The molecule has 1 aromatic rings. The lowest BCUT2D eigenvalue weighted by molar-refractivity contribution is 0.0691. The van der Waals surface area contributed by atoms with Crippen LogP contribution < -0.4 is 5.32 Å². The Bertz CT molecular complexity index is 433. The fraction of sp³-hybridized carbons (Fsp3) is 0.455. The van der Waals surface area contributed by atoms with E-state index in [0.717, 1.165) is 6.07 Å². The van der Waals surface area contributed by atoms with Gasteiger partial charge in [-0.05, 0) is 26.8 Å². The number of carboxylic acids is 1. The van der Waals surface area contributed by atoms with Crippen LogP contribution in [0.25, 0.3) is 0 Å². The summed E-state index contributed by atoms with van der Waals surface area (Å²) >= 11 is 0. The summed E-state index contributed by atoms with van der Waals surface area (Å²) in [6.07, 6.45) is 0.449. The summed E-state index contributed by atoms with van der Waals surface area (Å²) in [4.78, 5) is 14.5. The first-order chi connectivity index (χ1) is 7.75. The Balaban J connectivity index is 3.08. The Morgan fingerprint density at radius 1 is 1.59 bits per heavy atom. The van der Waals surface area contributed by atoms with E-state index < -0.39 is 29.0 Å². The van der Waals surface area contributed by atoms with Crippen molar-refractivity contribution in [3.05, 3.63) is 23.6 Å². The smallest absolute Gasteiger partial charge is 0.338 e. The minimum absolute atomic E-state index is 0.184. The Labute approximate surface area is 98.3 Å². The molecule has 94 valence electrons. The molecule has 0 aliphatic rings. The number of nitrogens with one attached hydrogen (secondary N) is 1. The highest BCUT2D eigenvalue weighted by Gasteiger charge is 2.26. The second-order valence-electron chi connectivity index (χ2n) is 4.35. The average Bonchev–Trinajstić information content (AvgIpc) is 2.20. The van der Waals surface area contributed by atoms with Crippen LogP contribution in [0, 0.1) is 5.82 Å². The van der Waals surface area contributed by atoms with Crippen LogP contribution in [-0.4, -0.2) is 32.8 Å². The summed E-state index contributed by atoms with van der Waals surface area (Å²) < 4.78 is 13.7. The Morgan fingerprint density at radius 3 is 2.65 bits per heavy atom. The van der Waals surface area contributed by atoms with E-state index in [1.807, 2.05) is 0 Å². The summed E-state index contributed by atoms with van der Waals surface area (Å²) in [6.45, 7) is 4.87. The first kappa shape index (κ1) is 13.4. The summed E-state index contributed by atoms with van der Waals surface area (Å²) in [6, 6.07) is 1.08. The van der Waals surface area contributed by atoms with Gasteiger partial charge in [-0.15, -0.1) is 0 Å². The Hall–Kier alpha value is -1.69. The summed E-state index contributed by atoms with van der Waals surface area (Å²) in [5.41, 5.74) is -1.27. The van der Waals surface area contributed by atoms with Gasteiger partial charge in [0.05, 0.1) is 11.6 Å². The van der Waals surface area contributed by atoms with Gasteiger partial charge in [-0.3, -0.25) is 0 Å². The molecule has 6 heteroatoms. The maximum absolute atomic E-state index is 13.7. The number of carbonyl (C=O) groups is 1. The monoisotopic (exact) mass is 242 g/mol. The normalized spacial score (nSPS) is 13.2.